The van der Waals surface area contributed by atoms with Crippen LogP contribution in [0.2, 0.25) is 0 Å². The zero-order chi connectivity index (χ0) is 9.80. The Kier molecular flexibility index (Phi) is 2.46. The van der Waals surface area contributed by atoms with Crippen molar-refractivity contribution in [2.24, 2.45) is 4.99 Å². The smallest absolute Gasteiger partial charge is 0.182 e. The molecule has 0 bridgehead atoms. The summed E-state index contributed by atoms with van der Waals surface area (Å²) in [6.45, 7) is 0. The summed E-state index contributed by atoms with van der Waals surface area (Å²) in [6, 6.07) is 8.69. The van der Waals surface area contributed by atoms with E-state index in [2.05, 4.69) is 34.6 Å². The SMILES string of the molecule is N#CNC=NC1Cc2ccccc2C1. The Morgan fingerprint density at radius 2 is 2.00 bits per heavy atom. The summed E-state index contributed by atoms with van der Waals surface area (Å²) in [5.74, 6) is 0. The largest absolute Gasteiger partial charge is 0.283 e. The topological polar surface area (TPSA) is 48.2 Å². The molecule has 2 rings (SSSR count). The van der Waals surface area contributed by atoms with E-state index in [1.807, 2.05) is 6.19 Å². The van der Waals surface area contributed by atoms with Gasteiger partial charge in [-0.05, 0) is 24.0 Å². The van der Waals surface area contributed by atoms with Crippen LogP contribution in [-0.4, -0.2) is 12.4 Å². The molecule has 0 saturated carbocycles. The van der Waals surface area contributed by atoms with Crippen LogP contribution in [0.15, 0.2) is 29.3 Å². The summed E-state index contributed by atoms with van der Waals surface area (Å²) in [5.41, 5.74) is 2.76. The molecule has 0 aliphatic heterocycles. The van der Waals surface area contributed by atoms with Gasteiger partial charge in [0.15, 0.2) is 6.19 Å². The molecule has 0 heterocycles. The molecule has 1 aromatic carbocycles. The van der Waals surface area contributed by atoms with Crippen LogP contribution >= 0.6 is 0 Å². The van der Waals surface area contributed by atoms with E-state index in [1.165, 1.54) is 17.5 Å². The van der Waals surface area contributed by atoms with E-state index >= 15 is 0 Å². The number of benzene rings is 1. The third-order valence-electron chi connectivity index (χ3n) is 2.44. The van der Waals surface area contributed by atoms with Crippen LogP contribution in [0.4, 0.5) is 0 Å². The highest BCUT2D eigenvalue weighted by molar-refractivity contribution is 5.57. The molecule has 14 heavy (non-hydrogen) atoms. The Balaban J connectivity index is 2.02. The summed E-state index contributed by atoms with van der Waals surface area (Å²) >= 11 is 0. The van der Waals surface area contributed by atoms with Crippen molar-refractivity contribution in [3.8, 4) is 6.19 Å². The number of rotatable bonds is 2. The summed E-state index contributed by atoms with van der Waals surface area (Å²) < 4.78 is 0. The van der Waals surface area contributed by atoms with Gasteiger partial charge in [0.05, 0.1) is 12.4 Å². The summed E-state index contributed by atoms with van der Waals surface area (Å²) in [5, 5.41) is 10.7. The standard InChI is InChI=1S/C11H11N3/c12-7-13-8-14-11-5-9-3-1-2-4-10(9)6-11/h1-4,8,11H,5-6H2,(H,13,14). The van der Waals surface area contributed by atoms with E-state index in [9.17, 15) is 0 Å². The number of fused-ring (bicyclic) bond motifs is 1. The van der Waals surface area contributed by atoms with Crippen molar-refractivity contribution < 1.29 is 0 Å². The second-order valence-electron chi connectivity index (χ2n) is 3.37. The fraction of sp³-hybridized carbons (Fsp3) is 0.273. The molecule has 0 spiro atoms. The second kappa shape index (κ2) is 3.93. The van der Waals surface area contributed by atoms with Gasteiger partial charge in [-0.3, -0.25) is 10.3 Å². The van der Waals surface area contributed by atoms with Gasteiger partial charge in [-0.1, -0.05) is 24.3 Å². The minimum Gasteiger partial charge on any atom is -0.283 e. The van der Waals surface area contributed by atoms with Gasteiger partial charge in [0.1, 0.15) is 0 Å². The molecular weight excluding hydrogens is 174 g/mol. The lowest BCUT2D eigenvalue weighted by Gasteiger charge is -1.98. The van der Waals surface area contributed by atoms with Gasteiger partial charge in [0.2, 0.25) is 0 Å². The van der Waals surface area contributed by atoms with Crippen molar-refractivity contribution in [3.63, 3.8) is 0 Å². The van der Waals surface area contributed by atoms with Crippen molar-refractivity contribution in [2.45, 2.75) is 18.9 Å². The first-order valence-electron chi connectivity index (χ1n) is 4.63. The van der Waals surface area contributed by atoms with Crippen molar-refractivity contribution in [2.75, 3.05) is 0 Å². The van der Waals surface area contributed by atoms with Crippen LogP contribution in [0.3, 0.4) is 0 Å². The van der Waals surface area contributed by atoms with Crippen LogP contribution in [0.25, 0.3) is 0 Å². The zero-order valence-corrected chi connectivity index (χ0v) is 7.77. The Hall–Kier alpha value is -1.82. The van der Waals surface area contributed by atoms with Gasteiger partial charge in [0.25, 0.3) is 0 Å². The zero-order valence-electron chi connectivity index (χ0n) is 7.77. The number of nitriles is 1. The Labute approximate surface area is 83.1 Å². The predicted octanol–water partition coefficient (Wildman–Crippen LogP) is 1.25. The fourth-order valence-electron chi connectivity index (χ4n) is 1.81. The van der Waals surface area contributed by atoms with Gasteiger partial charge < -0.3 is 0 Å². The van der Waals surface area contributed by atoms with Gasteiger partial charge in [-0.25, -0.2) is 0 Å². The van der Waals surface area contributed by atoms with Crippen LogP contribution in [0.1, 0.15) is 11.1 Å². The van der Waals surface area contributed by atoms with E-state index in [1.54, 1.807) is 0 Å². The predicted molar refractivity (Wildman–Crippen MR) is 54.9 cm³/mol. The maximum absolute atomic E-state index is 8.26. The lowest BCUT2D eigenvalue weighted by atomic mass is 10.1. The third-order valence-corrected chi connectivity index (χ3v) is 2.44. The Morgan fingerprint density at radius 3 is 2.57 bits per heavy atom. The van der Waals surface area contributed by atoms with E-state index in [0.717, 1.165) is 12.8 Å². The molecular formula is C11H11N3. The first-order chi connectivity index (χ1) is 6.90. The van der Waals surface area contributed by atoms with Crippen molar-refractivity contribution in [3.05, 3.63) is 35.4 Å². The highest BCUT2D eigenvalue weighted by Gasteiger charge is 2.19. The van der Waals surface area contributed by atoms with E-state index in [0.29, 0.717) is 6.04 Å². The molecule has 1 aromatic rings. The molecule has 70 valence electrons. The highest BCUT2D eigenvalue weighted by atomic mass is 14.9. The first-order valence-corrected chi connectivity index (χ1v) is 4.63. The van der Waals surface area contributed by atoms with Gasteiger partial charge in [-0.15, -0.1) is 0 Å². The molecule has 0 saturated heterocycles. The van der Waals surface area contributed by atoms with Crippen LogP contribution in [-0.2, 0) is 12.8 Å². The highest BCUT2D eigenvalue weighted by Crippen LogP contribution is 2.23. The van der Waals surface area contributed by atoms with Crippen molar-refractivity contribution in [1.82, 2.24) is 5.32 Å². The van der Waals surface area contributed by atoms with Gasteiger partial charge in [-0.2, -0.15) is 5.26 Å². The van der Waals surface area contributed by atoms with Crippen LogP contribution in [0, 0.1) is 11.5 Å². The monoisotopic (exact) mass is 185 g/mol. The average molecular weight is 185 g/mol. The van der Waals surface area contributed by atoms with E-state index in [-0.39, 0.29) is 0 Å². The quantitative estimate of drug-likeness (QED) is 0.326. The summed E-state index contributed by atoms with van der Waals surface area (Å²) in [6.07, 6.45) is 5.27. The van der Waals surface area contributed by atoms with Crippen LogP contribution < -0.4 is 5.32 Å². The number of hydrogen-bond donors (Lipinski definition) is 1. The second-order valence-corrected chi connectivity index (χ2v) is 3.37. The lowest BCUT2D eigenvalue weighted by Crippen LogP contribution is -2.08. The van der Waals surface area contributed by atoms with E-state index in [4.69, 9.17) is 5.26 Å². The molecule has 0 aromatic heterocycles. The van der Waals surface area contributed by atoms with Gasteiger partial charge >= 0.3 is 0 Å². The minimum absolute atomic E-state index is 0.299. The Bertz CT molecular complexity index is 365. The molecule has 0 fully saturated rings. The minimum atomic E-state index is 0.299. The molecule has 3 nitrogen and oxygen atoms in total. The molecule has 0 amide bonds. The molecule has 0 atom stereocenters. The van der Waals surface area contributed by atoms with E-state index < -0.39 is 0 Å². The number of nitrogens with zero attached hydrogens (tertiary/aromatic N) is 2. The summed E-state index contributed by atoms with van der Waals surface area (Å²) in [4.78, 5) is 4.27. The maximum Gasteiger partial charge on any atom is 0.182 e. The van der Waals surface area contributed by atoms with Gasteiger partial charge in [0, 0.05) is 0 Å². The fourth-order valence-corrected chi connectivity index (χ4v) is 1.81. The Morgan fingerprint density at radius 1 is 1.36 bits per heavy atom. The van der Waals surface area contributed by atoms with Crippen molar-refractivity contribution in [1.29, 1.82) is 5.26 Å². The number of aliphatic imine (C=N–C) groups is 1. The number of hydrogen-bond acceptors (Lipinski definition) is 2. The molecule has 0 unspecified atom stereocenters. The average Bonchev–Trinajstić information content (AvgIpc) is 2.60. The third kappa shape index (κ3) is 1.74. The maximum atomic E-state index is 8.26. The van der Waals surface area contributed by atoms with Crippen molar-refractivity contribution >= 4 is 6.34 Å². The molecule has 3 heteroatoms. The summed E-state index contributed by atoms with van der Waals surface area (Å²) in [7, 11) is 0. The normalized spacial score (nSPS) is 15.4. The lowest BCUT2D eigenvalue weighted by molar-refractivity contribution is 0.724. The molecule has 1 aliphatic carbocycles. The first kappa shape index (κ1) is 8.76. The molecule has 1 N–H and O–H groups in total. The number of nitrogens with one attached hydrogen (secondary N) is 1. The molecule has 1 aliphatic rings. The molecule has 0 radical (unpaired) electrons. The van der Waals surface area contributed by atoms with Crippen LogP contribution in [0.5, 0.6) is 0 Å².